The molecule has 2 nitrogen and oxygen atoms in total. The standard InChI is InChI=1S/C16H12Cl2FNO/c17-13-5-4-11(9-14(13)18)21-16-6-3-10(19)8-12(16)15-2-1-7-20-15/h3-6,8-9H,1-2,7H2. The molecule has 0 bridgehead atoms. The molecule has 2 aromatic rings. The Morgan fingerprint density at radius 2 is 1.90 bits per heavy atom. The van der Waals surface area contributed by atoms with E-state index in [0.29, 0.717) is 27.1 Å². The van der Waals surface area contributed by atoms with E-state index in [0.717, 1.165) is 25.1 Å². The Labute approximate surface area is 132 Å². The quantitative estimate of drug-likeness (QED) is 0.730. The van der Waals surface area contributed by atoms with Gasteiger partial charge in [0.1, 0.15) is 17.3 Å². The van der Waals surface area contributed by atoms with Crippen LogP contribution in [0.3, 0.4) is 0 Å². The molecule has 21 heavy (non-hydrogen) atoms. The molecule has 0 saturated heterocycles. The Kier molecular flexibility index (Phi) is 4.13. The molecule has 0 N–H and O–H groups in total. The van der Waals surface area contributed by atoms with E-state index in [1.807, 2.05) is 0 Å². The van der Waals surface area contributed by atoms with E-state index in [4.69, 9.17) is 27.9 Å². The van der Waals surface area contributed by atoms with Crippen LogP contribution >= 0.6 is 23.2 Å². The molecular formula is C16H12Cl2FNO. The summed E-state index contributed by atoms with van der Waals surface area (Å²) in [7, 11) is 0. The molecule has 3 rings (SSSR count). The fraction of sp³-hybridized carbons (Fsp3) is 0.188. The zero-order chi connectivity index (χ0) is 14.8. The van der Waals surface area contributed by atoms with Crippen molar-refractivity contribution in [2.24, 2.45) is 4.99 Å². The molecule has 2 aromatic carbocycles. The van der Waals surface area contributed by atoms with Crippen molar-refractivity contribution >= 4 is 28.9 Å². The first-order valence-corrected chi connectivity index (χ1v) is 7.35. The zero-order valence-corrected chi connectivity index (χ0v) is 12.6. The van der Waals surface area contributed by atoms with Gasteiger partial charge in [-0.2, -0.15) is 0 Å². The van der Waals surface area contributed by atoms with Crippen molar-refractivity contribution < 1.29 is 9.13 Å². The van der Waals surface area contributed by atoms with Crippen LogP contribution in [-0.4, -0.2) is 12.3 Å². The first-order chi connectivity index (χ1) is 10.1. The zero-order valence-electron chi connectivity index (χ0n) is 11.1. The van der Waals surface area contributed by atoms with Crippen molar-refractivity contribution in [2.75, 3.05) is 6.54 Å². The van der Waals surface area contributed by atoms with Gasteiger partial charge in [-0.25, -0.2) is 4.39 Å². The van der Waals surface area contributed by atoms with Crippen molar-refractivity contribution in [3.63, 3.8) is 0 Å². The van der Waals surface area contributed by atoms with Crippen LogP contribution in [0.4, 0.5) is 4.39 Å². The minimum Gasteiger partial charge on any atom is -0.457 e. The van der Waals surface area contributed by atoms with E-state index < -0.39 is 0 Å². The largest absolute Gasteiger partial charge is 0.457 e. The Morgan fingerprint density at radius 3 is 2.62 bits per heavy atom. The van der Waals surface area contributed by atoms with E-state index >= 15 is 0 Å². The van der Waals surface area contributed by atoms with Crippen LogP contribution in [0.15, 0.2) is 41.4 Å². The fourth-order valence-electron chi connectivity index (χ4n) is 2.24. The number of nitrogens with zero attached hydrogens (tertiary/aromatic N) is 1. The van der Waals surface area contributed by atoms with Gasteiger partial charge in [0.2, 0.25) is 0 Å². The van der Waals surface area contributed by atoms with Gasteiger partial charge < -0.3 is 4.74 Å². The summed E-state index contributed by atoms with van der Waals surface area (Å²) in [5.41, 5.74) is 1.57. The van der Waals surface area contributed by atoms with Crippen LogP contribution < -0.4 is 4.74 Å². The van der Waals surface area contributed by atoms with Gasteiger partial charge >= 0.3 is 0 Å². The minimum absolute atomic E-state index is 0.305. The molecule has 0 aliphatic carbocycles. The highest BCUT2D eigenvalue weighted by Gasteiger charge is 2.16. The second kappa shape index (κ2) is 6.04. The lowest BCUT2D eigenvalue weighted by Gasteiger charge is -2.12. The molecule has 0 radical (unpaired) electrons. The molecular weight excluding hydrogens is 312 g/mol. The summed E-state index contributed by atoms with van der Waals surface area (Å²) in [6.07, 6.45) is 1.82. The van der Waals surface area contributed by atoms with Crippen molar-refractivity contribution in [2.45, 2.75) is 12.8 Å². The first-order valence-electron chi connectivity index (χ1n) is 6.59. The van der Waals surface area contributed by atoms with Gasteiger partial charge in [0.05, 0.1) is 10.0 Å². The third-order valence-electron chi connectivity index (χ3n) is 3.25. The van der Waals surface area contributed by atoms with Crippen LogP contribution in [0, 0.1) is 5.82 Å². The van der Waals surface area contributed by atoms with Crippen LogP contribution in [0.2, 0.25) is 10.0 Å². The Balaban J connectivity index is 1.96. The first kappa shape index (κ1) is 14.4. The lowest BCUT2D eigenvalue weighted by Crippen LogP contribution is -2.01. The molecule has 0 aromatic heterocycles. The monoisotopic (exact) mass is 323 g/mol. The molecule has 0 saturated carbocycles. The molecule has 1 heterocycles. The lowest BCUT2D eigenvalue weighted by atomic mass is 10.1. The number of halogens is 3. The highest BCUT2D eigenvalue weighted by Crippen LogP contribution is 2.32. The SMILES string of the molecule is Fc1ccc(Oc2ccc(Cl)c(Cl)c2)c(C2=NCCC2)c1. The van der Waals surface area contributed by atoms with Crippen molar-refractivity contribution in [1.82, 2.24) is 0 Å². The molecule has 1 aliphatic rings. The molecule has 0 amide bonds. The maximum Gasteiger partial charge on any atom is 0.136 e. The molecule has 1 aliphatic heterocycles. The predicted molar refractivity (Wildman–Crippen MR) is 83.6 cm³/mol. The number of rotatable bonds is 3. The summed E-state index contributed by atoms with van der Waals surface area (Å²) < 4.78 is 19.3. The number of hydrogen-bond donors (Lipinski definition) is 0. The number of benzene rings is 2. The molecule has 0 fully saturated rings. The average molecular weight is 324 g/mol. The highest BCUT2D eigenvalue weighted by atomic mass is 35.5. The van der Waals surface area contributed by atoms with Gasteiger partial charge in [-0.1, -0.05) is 23.2 Å². The molecule has 0 atom stereocenters. The van der Waals surface area contributed by atoms with Gasteiger partial charge in [0.15, 0.2) is 0 Å². The van der Waals surface area contributed by atoms with Crippen molar-refractivity contribution in [3.05, 3.63) is 57.8 Å². The third-order valence-corrected chi connectivity index (χ3v) is 3.98. The fourth-order valence-corrected chi connectivity index (χ4v) is 2.53. The van der Waals surface area contributed by atoms with Gasteiger partial charge in [0.25, 0.3) is 0 Å². The van der Waals surface area contributed by atoms with E-state index in [1.54, 1.807) is 24.3 Å². The Bertz CT molecular complexity index is 715. The van der Waals surface area contributed by atoms with Crippen LogP contribution in [-0.2, 0) is 0 Å². The maximum atomic E-state index is 13.5. The van der Waals surface area contributed by atoms with E-state index in [2.05, 4.69) is 4.99 Å². The third kappa shape index (κ3) is 3.20. The van der Waals surface area contributed by atoms with Crippen molar-refractivity contribution in [3.8, 4) is 11.5 Å². The van der Waals surface area contributed by atoms with Crippen LogP contribution in [0.1, 0.15) is 18.4 Å². The lowest BCUT2D eigenvalue weighted by molar-refractivity contribution is 0.479. The Hall–Kier alpha value is -1.58. The van der Waals surface area contributed by atoms with Gasteiger partial charge in [-0.15, -0.1) is 0 Å². The number of ether oxygens (including phenoxy) is 1. The molecule has 5 heteroatoms. The van der Waals surface area contributed by atoms with Crippen LogP contribution in [0.25, 0.3) is 0 Å². The summed E-state index contributed by atoms with van der Waals surface area (Å²) in [4.78, 5) is 4.40. The van der Waals surface area contributed by atoms with Gasteiger partial charge in [-0.3, -0.25) is 4.99 Å². The summed E-state index contributed by atoms with van der Waals surface area (Å²) in [5, 5.41) is 0.875. The summed E-state index contributed by atoms with van der Waals surface area (Å²) in [5.74, 6) is 0.812. The summed E-state index contributed by atoms with van der Waals surface area (Å²) in [6, 6.07) is 9.44. The average Bonchev–Trinajstić information content (AvgIpc) is 2.99. The Morgan fingerprint density at radius 1 is 1.05 bits per heavy atom. The second-order valence-corrected chi connectivity index (χ2v) is 5.56. The minimum atomic E-state index is -0.305. The van der Waals surface area contributed by atoms with E-state index in [1.165, 1.54) is 12.1 Å². The van der Waals surface area contributed by atoms with Gasteiger partial charge in [0, 0.05) is 23.9 Å². The highest BCUT2D eigenvalue weighted by molar-refractivity contribution is 6.42. The van der Waals surface area contributed by atoms with Gasteiger partial charge in [-0.05, 0) is 43.2 Å². The molecule has 0 spiro atoms. The maximum absolute atomic E-state index is 13.5. The van der Waals surface area contributed by atoms with E-state index in [-0.39, 0.29) is 5.82 Å². The smallest absolute Gasteiger partial charge is 0.136 e. The molecule has 0 unspecified atom stereocenters. The summed E-state index contributed by atoms with van der Waals surface area (Å²) in [6.45, 7) is 0.776. The number of hydrogen-bond acceptors (Lipinski definition) is 2. The second-order valence-electron chi connectivity index (χ2n) is 4.75. The predicted octanol–water partition coefficient (Wildman–Crippen LogP) is 5.51. The van der Waals surface area contributed by atoms with E-state index in [9.17, 15) is 4.39 Å². The van der Waals surface area contributed by atoms with Crippen LogP contribution in [0.5, 0.6) is 11.5 Å². The topological polar surface area (TPSA) is 21.6 Å². The van der Waals surface area contributed by atoms with Crippen molar-refractivity contribution in [1.29, 1.82) is 0 Å². The normalized spacial score (nSPS) is 14.1. The summed E-state index contributed by atoms with van der Waals surface area (Å²) >= 11 is 11.9. The molecule has 108 valence electrons. The number of aliphatic imine (C=N–C) groups is 1.